The van der Waals surface area contributed by atoms with Gasteiger partial charge in [-0.05, 0) is 33.0 Å². The number of carboxylic acids is 1. The largest absolute Gasteiger partial charge is 0.478 e. The van der Waals surface area contributed by atoms with Crippen LogP contribution in [0.15, 0.2) is 12.3 Å². The molecule has 5 heteroatoms. The molecular formula is C15H25N3O2. The zero-order valence-corrected chi connectivity index (χ0v) is 13.1. The van der Waals surface area contributed by atoms with Crippen LogP contribution in [0, 0.1) is 12.8 Å². The topological polar surface area (TPSA) is 56.7 Å². The molecule has 0 saturated carbocycles. The Balaban J connectivity index is 3.10. The fourth-order valence-electron chi connectivity index (χ4n) is 2.04. The van der Waals surface area contributed by atoms with E-state index in [2.05, 4.69) is 28.6 Å². The third-order valence-corrected chi connectivity index (χ3v) is 2.99. The number of rotatable bonds is 7. The van der Waals surface area contributed by atoms with E-state index >= 15 is 0 Å². The maximum Gasteiger partial charge on any atom is 0.339 e. The molecule has 1 N–H and O–H groups in total. The summed E-state index contributed by atoms with van der Waals surface area (Å²) in [6.07, 6.45) is 1.45. The van der Waals surface area contributed by atoms with Gasteiger partial charge >= 0.3 is 5.97 Å². The number of aromatic nitrogens is 1. The summed E-state index contributed by atoms with van der Waals surface area (Å²) < 4.78 is 0. The summed E-state index contributed by atoms with van der Waals surface area (Å²) in [6, 6.07) is 1.86. The first-order chi connectivity index (χ1) is 9.31. The summed E-state index contributed by atoms with van der Waals surface area (Å²) in [4.78, 5) is 19.7. The summed E-state index contributed by atoms with van der Waals surface area (Å²) in [5.41, 5.74) is 1.87. The summed E-state index contributed by atoms with van der Waals surface area (Å²) in [5, 5.41) is 9.34. The Morgan fingerprint density at radius 2 is 2.00 bits per heavy atom. The first kappa shape index (κ1) is 16.4. The molecule has 0 aliphatic rings. The van der Waals surface area contributed by atoms with Gasteiger partial charge in [-0.1, -0.05) is 13.8 Å². The van der Waals surface area contributed by atoms with Crippen LogP contribution in [0.25, 0.3) is 0 Å². The third-order valence-electron chi connectivity index (χ3n) is 2.99. The first-order valence-corrected chi connectivity index (χ1v) is 6.91. The molecule has 1 aromatic rings. The van der Waals surface area contributed by atoms with Gasteiger partial charge in [0.05, 0.1) is 5.69 Å². The Kier molecular flexibility index (Phi) is 5.95. The second-order valence-corrected chi connectivity index (χ2v) is 5.79. The number of pyridine rings is 1. The zero-order valence-electron chi connectivity index (χ0n) is 13.1. The van der Waals surface area contributed by atoms with Crippen molar-refractivity contribution < 1.29 is 9.90 Å². The number of likely N-dealkylation sites (N-methyl/N-ethyl adjacent to an activating group) is 1. The van der Waals surface area contributed by atoms with Gasteiger partial charge < -0.3 is 14.9 Å². The lowest BCUT2D eigenvalue weighted by atomic mass is 10.1. The molecule has 1 rings (SSSR count). The Labute approximate surface area is 121 Å². The highest BCUT2D eigenvalue weighted by atomic mass is 16.4. The second kappa shape index (κ2) is 7.24. The average Bonchev–Trinajstić information content (AvgIpc) is 2.33. The molecule has 0 unspecified atom stereocenters. The number of anilines is 1. The van der Waals surface area contributed by atoms with E-state index in [0.29, 0.717) is 5.92 Å². The lowest BCUT2D eigenvalue weighted by molar-refractivity contribution is 0.0697. The van der Waals surface area contributed by atoms with Gasteiger partial charge in [-0.15, -0.1) is 0 Å². The molecule has 0 saturated heterocycles. The van der Waals surface area contributed by atoms with Gasteiger partial charge in [0.25, 0.3) is 0 Å². The average molecular weight is 279 g/mol. The minimum Gasteiger partial charge on any atom is -0.478 e. The molecule has 5 nitrogen and oxygen atoms in total. The quantitative estimate of drug-likeness (QED) is 0.828. The van der Waals surface area contributed by atoms with E-state index in [9.17, 15) is 9.90 Å². The lowest BCUT2D eigenvalue weighted by Crippen LogP contribution is -2.35. The molecule has 0 aliphatic heterocycles. The standard InChI is InChI=1S/C15H25N3O2/c1-11(2)10-18(7-6-17(4)5)14-8-12(3)16-9-13(14)15(19)20/h8-9,11H,6-7,10H2,1-5H3,(H,19,20). The molecule has 0 fully saturated rings. The monoisotopic (exact) mass is 279 g/mol. The highest BCUT2D eigenvalue weighted by molar-refractivity contribution is 5.94. The number of aromatic carboxylic acids is 1. The van der Waals surface area contributed by atoms with Gasteiger partial charge in [0, 0.05) is 31.5 Å². The van der Waals surface area contributed by atoms with Crippen LogP contribution in [0.3, 0.4) is 0 Å². The van der Waals surface area contributed by atoms with Gasteiger partial charge in [-0.2, -0.15) is 0 Å². The van der Waals surface area contributed by atoms with Crippen LogP contribution < -0.4 is 4.90 Å². The van der Waals surface area contributed by atoms with Crippen LogP contribution in [-0.2, 0) is 0 Å². The maximum absolute atomic E-state index is 11.4. The fraction of sp³-hybridized carbons (Fsp3) is 0.600. The third kappa shape index (κ3) is 4.81. The highest BCUT2D eigenvalue weighted by Crippen LogP contribution is 2.22. The van der Waals surface area contributed by atoms with Gasteiger partial charge in [0.2, 0.25) is 0 Å². The van der Waals surface area contributed by atoms with Crippen molar-refractivity contribution >= 4 is 11.7 Å². The highest BCUT2D eigenvalue weighted by Gasteiger charge is 2.18. The van der Waals surface area contributed by atoms with Crippen LogP contribution in [0.4, 0.5) is 5.69 Å². The summed E-state index contributed by atoms with van der Waals surface area (Å²) >= 11 is 0. The van der Waals surface area contributed by atoms with E-state index < -0.39 is 5.97 Å². The number of nitrogens with zero attached hydrogens (tertiary/aromatic N) is 3. The molecular weight excluding hydrogens is 254 g/mol. The van der Waals surface area contributed by atoms with Gasteiger partial charge in [0.15, 0.2) is 0 Å². The van der Waals surface area contributed by atoms with Crippen LogP contribution in [-0.4, -0.2) is 54.7 Å². The van der Waals surface area contributed by atoms with Crippen molar-refractivity contribution in [3.05, 3.63) is 23.5 Å². The smallest absolute Gasteiger partial charge is 0.339 e. The Bertz CT molecular complexity index is 458. The normalized spacial score (nSPS) is 11.2. The number of carboxylic acid groups (broad SMARTS) is 1. The van der Waals surface area contributed by atoms with Crippen molar-refractivity contribution in [2.24, 2.45) is 5.92 Å². The minimum absolute atomic E-state index is 0.273. The van der Waals surface area contributed by atoms with Crippen LogP contribution >= 0.6 is 0 Å². The predicted octanol–water partition coefficient (Wildman–Crippen LogP) is 2.11. The van der Waals surface area contributed by atoms with Crippen molar-refractivity contribution in [3.8, 4) is 0 Å². The van der Waals surface area contributed by atoms with Crippen molar-refractivity contribution in [2.75, 3.05) is 38.6 Å². The zero-order chi connectivity index (χ0) is 15.3. The maximum atomic E-state index is 11.4. The predicted molar refractivity (Wildman–Crippen MR) is 81.5 cm³/mol. The van der Waals surface area contributed by atoms with Gasteiger partial charge in [-0.3, -0.25) is 4.98 Å². The number of hydrogen-bond acceptors (Lipinski definition) is 4. The van der Waals surface area contributed by atoms with Crippen molar-refractivity contribution in [1.29, 1.82) is 0 Å². The van der Waals surface area contributed by atoms with Crippen LogP contribution in [0.1, 0.15) is 29.9 Å². The number of carbonyl (C=O) groups is 1. The first-order valence-electron chi connectivity index (χ1n) is 6.91. The van der Waals surface area contributed by atoms with E-state index in [-0.39, 0.29) is 5.56 Å². The van der Waals surface area contributed by atoms with E-state index in [1.165, 1.54) is 6.20 Å². The molecule has 0 aliphatic carbocycles. The molecule has 0 bridgehead atoms. The molecule has 1 heterocycles. The van der Waals surface area contributed by atoms with E-state index in [0.717, 1.165) is 31.0 Å². The molecule has 0 aromatic carbocycles. The van der Waals surface area contributed by atoms with Crippen LogP contribution in [0.2, 0.25) is 0 Å². The fourth-order valence-corrected chi connectivity index (χ4v) is 2.04. The molecule has 1 aromatic heterocycles. The molecule has 0 amide bonds. The molecule has 112 valence electrons. The van der Waals surface area contributed by atoms with Gasteiger partial charge in [0.1, 0.15) is 5.56 Å². The van der Waals surface area contributed by atoms with Crippen molar-refractivity contribution in [2.45, 2.75) is 20.8 Å². The Hall–Kier alpha value is -1.62. The molecule has 0 spiro atoms. The molecule has 0 radical (unpaired) electrons. The van der Waals surface area contributed by atoms with Gasteiger partial charge in [-0.25, -0.2) is 4.79 Å². The summed E-state index contributed by atoms with van der Waals surface area (Å²) in [5.74, 6) is -0.460. The number of hydrogen-bond donors (Lipinski definition) is 1. The lowest BCUT2D eigenvalue weighted by Gasteiger charge is -2.29. The second-order valence-electron chi connectivity index (χ2n) is 5.79. The van der Waals surface area contributed by atoms with Crippen molar-refractivity contribution in [3.63, 3.8) is 0 Å². The minimum atomic E-state index is -0.925. The van der Waals surface area contributed by atoms with E-state index in [4.69, 9.17) is 0 Å². The Morgan fingerprint density at radius 1 is 1.35 bits per heavy atom. The van der Waals surface area contributed by atoms with E-state index in [1.54, 1.807) is 0 Å². The summed E-state index contributed by atoms with van der Waals surface area (Å²) in [6.45, 7) is 8.67. The van der Waals surface area contributed by atoms with E-state index in [1.807, 2.05) is 27.1 Å². The summed E-state index contributed by atoms with van der Waals surface area (Å²) in [7, 11) is 4.03. The molecule has 0 atom stereocenters. The van der Waals surface area contributed by atoms with Crippen LogP contribution in [0.5, 0.6) is 0 Å². The SMILES string of the molecule is Cc1cc(N(CCN(C)C)CC(C)C)c(C(=O)O)cn1. The molecule has 20 heavy (non-hydrogen) atoms. The number of aryl methyl sites for hydroxylation is 1. The van der Waals surface area contributed by atoms with Crippen molar-refractivity contribution in [1.82, 2.24) is 9.88 Å². The Morgan fingerprint density at radius 3 is 2.50 bits per heavy atom.